The molecule has 17 heteroatoms. The lowest BCUT2D eigenvalue weighted by Crippen LogP contribution is -2.61. The molecule has 2 saturated carbocycles. The van der Waals surface area contributed by atoms with Gasteiger partial charge in [-0.1, -0.05) is 24.3 Å². The lowest BCUT2D eigenvalue weighted by atomic mass is 9.82. The Morgan fingerprint density at radius 3 is 2.27 bits per heavy atom. The zero-order chi connectivity index (χ0) is 48.3. The van der Waals surface area contributed by atoms with Crippen LogP contribution < -0.4 is 25.0 Å². The second kappa shape index (κ2) is 21.0. The zero-order valence-corrected chi connectivity index (χ0v) is 41.6. The van der Waals surface area contributed by atoms with Crippen LogP contribution in [0, 0.1) is 18.8 Å². The van der Waals surface area contributed by atoms with Crippen molar-refractivity contribution < 1.29 is 43.3 Å². The maximum Gasteiger partial charge on any atom is 0.412 e. The van der Waals surface area contributed by atoms with Gasteiger partial charge in [0.15, 0.2) is 5.67 Å². The fourth-order valence-corrected chi connectivity index (χ4v) is 11.8. The number of nitrogens with zero attached hydrogens (tertiary/aromatic N) is 4. The van der Waals surface area contributed by atoms with Gasteiger partial charge in [0.05, 0.1) is 35.0 Å². The number of halogens is 1. The highest BCUT2D eigenvalue weighted by Gasteiger charge is 2.54. The van der Waals surface area contributed by atoms with Crippen molar-refractivity contribution in [2.75, 3.05) is 43.9 Å². The van der Waals surface area contributed by atoms with E-state index in [-0.39, 0.29) is 38.5 Å². The summed E-state index contributed by atoms with van der Waals surface area (Å²) in [6, 6.07) is 11.2. The number of hydrogen-bond acceptors (Lipinski definition) is 11. The highest BCUT2D eigenvalue weighted by molar-refractivity contribution is 8.00. The number of anilines is 1. The molecule has 0 radical (unpaired) electrons. The smallest absolute Gasteiger partial charge is 0.412 e. The molecule has 2 saturated heterocycles. The number of methoxy groups -OCH3 is 1. The standard InChI is InChI=1S/C50H69FN6O8S2/c1-31-42(66-30-53-31)35-14-12-32(13-15-35)26-52-44(59)40-24-36(58)28-56(40)45(60)43(54-46(61)50(51)20-21-50)49(5,6)67-29-34-10-8-33(9-11-34)27-55-22-18-37(19-23-55)65-38-16-17-39(41(25-38)64-7)57(47(62)63)48(2,3)4/h12-17,25,30,33-34,36-37,40,43,58H,8-11,18-24,26-29H2,1-7H3,(H,52,59)(H,54,61)(H,62,63)/t33?,34?,36-,40+,43+/m1/s1. The van der Waals surface area contributed by atoms with Crippen molar-refractivity contribution in [3.8, 4) is 21.9 Å². The van der Waals surface area contributed by atoms with Crippen molar-refractivity contribution in [1.82, 2.24) is 25.4 Å². The Bertz CT molecular complexity index is 2220. The number of carbonyl (C=O) groups excluding carboxylic acids is 3. The zero-order valence-electron chi connectivity index (χ0n) is 40.0. The third kappa shape index (κ3) is 12.4. The summed E-state index contributed by atoms with van der Waals surface area (Å²) in [6.45, 7) is 14.4. The Hall–Kier alpha value is -4.45. The molecular formula is C50H69FN6O8S2. The number of thiazole rings is 1. The van der Waals surface area contributed by atoms with Crippen LogP contribution in [-0.4, -0.2) is 128 Å². The number of benzene rings is 2. The maximum atomic E-state index is 15.2. The quantitative estimate of drug-likeness (QED) is 0.104. The molecule has 2 aromatic carbocycles. The summed E-state index contributed by atoms with van der Waals surface area (Å²) in [5.74, 6) is 1.19. The summed E-state index contributed by atoms with van der Waals surface area (Å²) in [5.41, 5.74) is 2.52. The van der Waals surface area contributed by atoms with Gasteiger partial charge >= 0.3 is 6.09 Å². The van der Waals surface area contributed by atoms with Crippen molar-refractivity contribution in [1.29, 1.82) is 0 Å². The first kappa shape index (κ1) is 50.4. The summed E-state index contributed by atoms with van der Waals surface area (Å²) in [5, 5.41) is 26.4. The predicted molar refractivity (Wildman–Crippen MR) is 261 cm³/mol. The molecule has 0 spiro atoms. The number of carboxylic acid groups (broad SMARTS) is 1. The van der Waals surface area contributed by atoms with E-state index >= 15 is 4.39 Å². The van der Waals surface area contributed by atoms with Crippen molar-refractivity contribution in [3.05, 3.63) is 59.2 Å². The highest BCUT2D eigenvalue weighted by Crippen LogP contribution is 2.42. The van der Waals surface area contributed by atoms with Gasteiger partial charge in [-0.15, -0.1) is 11.3 Å². The molecule has 4 amide bonds. The van der Waals surface area contributed by atoms with E-state index in [4.69, 9.17) is 9.47 Å². The Kier molecular flexibility index (Phi) is 15.8. The van der Waals surface area contributed by atoms with Crippen molar-refractivity contribution in [3.63, 3.8) is 0 Å². The number of aromatic nitrogens is 1. The summed E-state index contributed by atoms with van der Waals surface area (Å²) < 4.78 is 26.3. The number of aliphatic hydroxyl groups is 1. The van der Waals surface area contributed by atoms with Crippen molar-refractivity contribution in [2.24, 2.45) is 11.8 Å². The van der Waals surface area contributed by atoms with Gasteiger partial charge in [-0.2, -0.15) is 11.8 Å². The van der Waals surface area contributed by atoms with Crippen molar-refractivity contribution >= 4 is 52.6 Å². The number of thioether (sulfide) groups is 1. The Labute approximate surface area is 402 Å². The Morgan fingerprint density at radius 1 is 1.00 bits per heavy atom. The fraction of sp³-hybridized carbons (Fsp3) is 0.620. The Balaban J connectivity index is 0.888. The van der Waals surface area contributed by atoms with Crippen LogP contribution in [0.2, 0.25) is 0 Å². The molecule has 4 aliphatic rings. The lowest BCUT2D eigenvalue weighted by molar-refractivity contribution is -0.143. The van der Waals surface area contributed by atoms with Crippen molar-refractivity contribution in [2.45, 2.75) is 146 Å². The normalized spacial score (nSPS) is 22.7. The largest absolute Gasteiger partial charge is 0.494 e. The Morgan fingerprint density at radius 2 is 1.67 bits per heavy atom. The van der Waals surface area contributed by atoms with Gasteiger partial charge in [-0.05, 0) is 134 Å². The molecule has 4 fully saturated rings. The van der Waals surface area contributed by atoms with Gasteiger partial charge in [0.25, 0.3) is 5.91 Å². The number of aliphatic hydroxyl groups excluding tert-OH is 1. The minimum Gasteiger partial charge on any atom is -0.494 e. The average Bonchev–Trinajstić information content (AvgIpc) is 3.70. The molecule has 14 nitrogen and oxygen atoms in total. The van der Waals surface area contributed by atoms with E-state index in [0.717, 1.165) is 85.6 Å². The van der Waals surface area contributed by atoms with E-state index in [1.54, 1.807) is 35.2 Å². The van der Waals surface area contributed by atoms with Crippen LogP contribution >= 0.6 is 23.1 Å². The second-order valence-corrected chi connectivity index (χ2v) is 23.0. The van der Waals surface area contributed by atoms with E-state index < -0.39 is 58.0 Å². The van der Waals surface area contributed by atoms with Gasteiger partial charge in [0, 0.05) is 55.5 Å². The number of β-amino-alcohol motifs (C(OH)–C–C–N with tert-alkyl or cyclic N) is 1. The number of carbonyl (C=O) groups is 4. The van der Waals surface area contributed by atoms with Gasteiger partial charge < -0.3 is 40.1 Å². The van der Waals surface area contributed by atoms with Crippen LogP contribution in [0.15, 0.2) is 48.0 Å². The van der Waals surface area contributed by atoms with Crippen LogP contribution in [-0.2, 0) is 20.9 Å². The number of likely N-dealkylation sites (tertiary alicyclic amines) is 2. The molecule has 366 valence electrons. The first-order valence-corrected chi connectivity index (χ1v) is 25.6. The van der Waals surface area contributed by atoms with Gasteiger partial charge in [-0.3, -0.25) is 19.3 Å². The number of amides is 4. The molecule has 3 aromatic rings. The minimum absolute atomic E-state index is 0.0494. The minimum atomic E-state index is -1.99. The van der Waals surface area contributed by atoms with Gasteiger partial charge in [0.2, 0.25) is 11.8 Å². The monoisotopic (exact) mass is 964 g/mol. The van der Waals surface area contributed by atoms with Crippen LogP contribution in [0.3, 0.4) is 0 Å². The number of hydrogen-bond donors (Lipinski definition) is 4. The summed E-state index contributed by atoms with van der Waals surface area (Å²) in [6.07, 6.45) is 4.43. The van der Waals surface area contributed by atoms with Crippen LogP contribution in [0.1, 0.15) is 104 Å². The fourth-order valence-electron chi connectivity index (χ4n) is 9.69. The molecule has 4 N–H and O–H groups in total. The third-order valence-corrected chi connectivity index (χ3v) is 16.5. The SMILES string of the molecule is COc1cc(OC2CCN(CC3CCC(CSC(C)(C)[C@@H](NC(=O)C4(F)CC4)C(=O)N4C[C@H](O)C[C@H]4C(=O)NCc4ccc(-c5scnc5C)cc4)CC3)CC2)ccc1N(C(=O)O)C(C)(C)C. The molecule has 3 atom stereocenters. The van der Waals surface area contributed by atoms with Crippen LogP contribution in [0.4, 0.5) is 14.9 Å². The van der Waals surface area contributed by atoms with E-state index in [2.05, 4.69) is 20.5 Å². The van der Waals surface area contributed by atoms with E-state index in [9.17, 15) is 29.4 Å². The first-order chi connectivity index (χ1) is 31.7. The molecular weight excluding hydrogens is 896 g/mol. The molecule has 7 rings (SSSR count). The number of piperidine rings is 1. The summed E-state index contributed by atoms with van der Waals surface area (Å²) in [7, 11) is 1.53. The number of nitrogens with one attached hydrogen (secondary N) is 2. The van der Waals surface area contributed by atoms with Crippen LogP contribution in [0.25, 0.3) is 10.4 Å². The predicted octanol–water partition coefficient (Wildman–Crippen LogP) is 7.84. The van der Waals surface area contributed by atoms with Crippen LogP contribution in [0.5, 0.6) is 11.5 Å². The third-order valence-electron chi connectivity index (χ3n) is 13.9. The molecule has 2 aliphatic carbocycles. The number of alkyl halides is 1. The second-order valence-electron chi connectivity index (χ2n) is 20.5. The summed E-state index contributed by atoms with van der Waals surface area (Å²) >= 11 is 3.17. The molecule has 3 heterocycles. The van der Waals surface area contributed by atoms with E-state index in [1.165, 1.54) is 16.9 Å². The number of rotatable bonds is 17. The van der Waals surface area contributed by atoms with E-state index in [1.807, 2.05) is 77.4 Å². The maximum absolute atomic E-state index is 15.2. The highest BCUT2D eigenvalue weighted by atomic mass is 32.2. The number of aryl methyl sites for hydroxylation is 1. The molecule has 0 bridgehead atoms. The number of ether oxygens (including phenoxy) is 2. The average molecular weight is 965 g/mol. The molecule has 67 heavy (non-hydrogen) atoms. The molecule has 0 unspecified atom stereocenters. The van der Waals surface area contributed by atoms with Gasteiger partial charge in [0.1, 0.15) is 29.7 Å². The first-order valence-electron chi connectivity index (χ1n) is 23.7. The van der Waals surface area contributed by atoms with E-state index in [0.29, 0.717) is 29.0 Å². The van der Waals surface area contributed by atoms with Gasteiger partial charge in [-0.25, -0.2) is 14.2 Å². The molecule has 2 aliphatic heterocycles. The molecule has 1 aromatic heterocycles. The lowest BCUT2D eigenvalue weighted by Gasteiger charge is -2.39. The topological polar surface area (TPSA) is 174 Å². The summed E-state index contributed by atoms with van der Waals surface area (Å²) in [4.78, 5) is 64.2.